The van der Waals surface area contributed by atoms with E-state index in [1.807, 2.05) is 30.3 Å². The molecule has 122 valence electrons. The molecule has 2 N–H and O–H groups in total. The van der Waals surface area contributed by atoms with Gasteiger partial charge in [0, 0.05) is 16.4 Å². The number of halogens is 1. The van der Waals surface area contributed by atoms with E-state index < -0.39 is 0 Å². The first-order valence-electron chi connectivity index (χ1n) is 7.83. The van der Waals surface area contributed by atoms with Crippen LogP contribution in [0, 0.1) is 0 Å². The molecule has 1 heterocycles. The van der Waals surface area contributed by atoms with Crippen LogP contribution >= 0.6 is 15.9 Å². The lowest BCUT2D eigenvalue weighted by atomic mass is 10.0. The van der Waals surface area contributed by atoms with E-state index in [-0.39, 0.29) is 0 Å². The maximum Gasteiger partial charge on any atom is 0.229 e. The Labute approximate surface area is 150 Å². The molecule has 0 radical (unpaired) electrons. The third-order valence-electron chi connectivity index (χ3n) is 3.63. The monoisotopic (exact) mass is 382 g/mol. The fraction of sp³-hybridized carbons (Fsp3) is 0.158. The van der Waals surface area contributed by atoms with Gasteiger partial charge in [0.15, 0.2) is 0 Å². The van der Waals surface area contributed by atoms with Crippen molar-refractivity contribution in [3.05, 3.63) is 70.8 Å². The predicted molar refractivity (Wildman–Crippen MR) is 103 cm³/mol. The summed E-state index contributed by atoms with van der Waals surface area (Å²) in [5, 5.41) is 6.52. The summed E-state index contributed by atoms with van der Waals surface area (Å²) in [6.45, 7) is 4.37. The van der Waals surface area contributed by atoms with Crippen molar-refractivity contribution < 1.29 is 0 Å². The van der Waals surface area contributed by atoms with Gasteiger partial charge in [-0.2, -0.15) is 4.98 Å². The molecule has 2 aromatic carbocycles. The molecule has 0 saturated carbocycles. The van der Waals surface area contributed by atoms with E-state index in [1.54, 1.807) is 6.20 Å². The Morgan fingerprint density at radius 2 is 1.67 bits per heavy atom. The highest BCUT2D eigenvalue weighted by atomic mass is 79.9. The highest BCUT2D eigenvalue weighted by Crippen LogP contribution is 2.25. The van der Waals surface area contributed by atoms with Gasteiger partial charge >= 0.3 is 0 Å². The van der Waals surface area contributed by atoms with Crippen LogP contribution in [0.3, 0.4) is 0 Å². The zero-order valence-electron chi connectivity index (χ0n) is 13.6. The van der Waals surface area contributed by atoms with Gasteiger partial charge in [-0.3, -0.25) is 0 Å². The zero-order chi connectivity index (χ0) is 16.9. The van der Waals surface area contributed by atoms with Crippen molar-refractivity contribution in [2.75, 3.05) is 10.6 Å². The minimum absolute atomic E-state index is 0.526. The van der Waals surface area contributed by atoms with Crippen LogP contribution in [-0.2, 0) is 0 Å². The number of para-hydroxylation sites is 1. The van der Waals surface area contributed by atoms with Gasteiger partial charge in [0.2, 0.25) is 5.95 Å². The predicted octanol–water partition coefficient (Wildman–Crippen LogP) is 5.85. The fourth-order valence-corrected chi connectivity index (χ4v) is 2.65. The molecule has 0 fully saturated rings. The van der Waals surface area contributed by atoms with Crippen molar-refractivity contribution in [3.63, 3.8) is 0 Å². The fourth-order valence-electron chi connectivity index (χ4n) is 2.27. The number of nitrogens with zero attached hydrogens (tertiary/aromatic N) is 2. The molecule has 0 aliphatic rings. The average Bonchev–Trinajstić information content (AvgIpc) is 2.58. The van der Waals surface area contributed by atoms with Crippen molar-refractivity contribution in [1.29, 1.82) is 0 Å². The van der Waals surface area contributed by atoms with Gasteiger partial charge in [-0.15, -0.1) is 0 Å². The number of aromatic nitrogens is 2. The van der Waals surface area contributed by atoms with E-state index >= 15 is 0 Å². The van der Waals surface area contributed by atoms with Crippen LogP contribution in [0.5, 0.6) is 0 Å². The molecule has 4 nitrogen and oxygen atoms in total. The third kappa shape index (κ3) is 4.11. The number of hydrogen-bond donors (Lipinski definition) is 2. The van der Waals surface area contributed by atoms with Crippen molar-refractivity contribution in [1.82, 2.24) is 9.97 Å². The number of benzene rings is 2. The molecule has 0 unspecified atom stereocenters. The lowest BCUT2D eigenvalue weighted by Gasteiger charge is -2.10. The van der Waals surface area contributed by atoms with Crippen molar-refractivity contribution in [3.8, 4) is 0 Å². The standard InChI is InChI=1S/C19H19BrN4/c1-13(2)14-7-9-15(10-8-14)22-18-11-12-21-19(24-18)23-17-6-4-3-5-16(17)20/h3-13H,1-2H3,(H2,21,22,23,24). The Kier molecular flexibility index (Phi) is 5.11. The highest BCUT2D eigenvalue weighted by Gasteiger charge is 2.04. The van der Waals surface area contributed by atoms with Crippen LogP contribution < -0.4 is 10.6 Å². The normalized spacial score (nSPS) is 10.7. The van der Waals surface area contributed by atoms with E-state index in [4.69, 9.17) is 0 Å². The van der Waals surface area contributed by atoms with E-state index in [2.05, 4.69) is 74.6 Å². The molecule has 0 spiro atoms. The Morgan fingerprint density at radius 1 is 0.917 bits per heavy atom. The first-order chi connectivity index (χ1) is 11.6. The minimum atomic E-state index is 0.526. The quantitative estimate of drug-likeness (QED) is 0.580. The van der Waals surface area contributed by atoms with E-state index in [0.717, 1.165) is 21.7 Å². The van der Waals surface area contributed by atoms with Gasteiger partial charge in [0.1, 0.15) is 5.82 Å². The molecular weight excluding hydrogens is 364 g/mol. The second-order valence-corrected chi connectivity index (χ2v) is 6.63. The first-order valence-corrected chi connectivity index (χ1v) is 8.63. The second kappa shape index (κ2) is 7.45. The molecule has 1 aromatic heterocycles. The number of hydrogen-bond acceptors (Lipinski definition) is 4. The minimum Gasteiger partial charge on any atom is -0.340 e. The average molecular weight is 383 g/mol. The van der Waals surface area contributed by atoms with Crippen LogP contribution in [0.2, 0.25) is 0 Å². The van der Waals surface area contributed by atoms with E-state index in [0.29, 0.717) is 11.9 Å². The summed E-state index contributed by atoms with van der Waals surface area (Å²) >= 11 is 3.51. The van der Waals surface area contributed by atoms with E-state index in [1.165, 1.54) is 5.56 Å². The number of anilines is 4. The molecule has 0 atom stereocenters. The summed E-state index contributed by atoms with van der Waals surface area (Å²) in [4.78, 5) is 8.78. The molecule has 0 aliphatic heterocycles. The van der Waals surface area contributed by atoms with Crippen molar-refractivity contribution in [2.24, 2.45) is 0 Å². The van der Waals surface area contributed by atoms with Gasteiger partial charge in [0.25, 0.3) is 0 Å². The van der Waals surface area contributed by atoms with Gasteiger partial charge in [-0.25, -0.2) is 4.98 Å². The molecule has 0 saturated heterocycles. The summed E-state index contributed by atoms with van der Waals surface area (Å²) in [6.07, 6.45) is 1.73. The second-order valence-electron chi connectivity index (χ2n) is 5.77. The highest BCUT2D eigenvalue weighted by molar-refractivity contribution is 9.10. The van der Waals surface area contributed by atoms with Crippen LogP contribution in [0.4, 0.5) is 23.1 Å². The lowest BCUT2D eigenvalue weighted by Crippen LogP contribution is -2.00. The molecule has 3 rings (SSSR count). The molecule has 0 aliphatic carbocycles. The summed E-state index contributed by atoms with van der Waals surface area (Å²) in [5.74, 6) is 1.82. The van der Waals surface area contributed by atoms with Gasteiger partial charge in [-0.05, 0) is 57.7 Å². The van der Waals surface area contributed by atoms with Crippen molar-refractivity contribution >= 4 is 39.1 Å². The lowest BCUT2D eigenvalue weighted by molar-refractivity contribution is 0.867. The summed E-state index contributed by atoms with van der Waals surface area (Å²) in [5.41, 5.74) is 3.25. The molecule has 24 heavy (non-hydrogen) atoms. The Morgan fingerprint density at radius 3 is 2.38 bits per heavy atom. The molecule has 0 bridgehead atoms. The van der Waals surface area contributed by atoms with Crippen LogP contribution in [0.15, 0.2) is 65.3 Å². The van der Waals surface area contributed by atoms with Gasteiger partial charge < -0.3 is 10.6 Å². The maximum absolute atomic E-state index is 4.51. The SMILES string of the molecule is CC(C)c1ccc(Nc2ccnc(Nc3ccccc3Br)n2)cc1. The van der Waals surface area contributed by atoms with Gasteiger partial charge in [0.05, 0.1) is 5.69 Å². The topological polar surface area (TPSA) is 49.8 Å². The third-order valence-corrected chi connectivity index (χ3v) is 4.32. The Bertz CT molecular complexity index is 816. The van der Waals surface area contributed by atoms with E-state index in [9.17, 15) is 0 Å². The molecule has 0 amide bonds. The number of nitrogens with one attached hydrogen (secondary N) is 2. The smallest absolute Gasteiger partial charge is 0.229 e. The largest absolute Gasteiger partial charge is 0.340 e. The van der Waals surface area contributed by atoms with Gasteiger partial charge in [-0.1, -0.05) is 38.1 Å². The van der Waals surface area contributed by atoms with Crippen LogP contribution in [0.25, 0.3) is 0 Å². The van der Waals surface area contributed by atoms with Crippen LogP contribution in [-0.4, -0.2) is 9.97 Å². The zero-order valence-corrected chi connectivity index (χ0v) is 15.2. The molecule has 5 heteroatoms. The summed E-state index contributed by atoms with van der Waals surface area (Å²) in [6, 6.07) is 18.1. The molecule has 3 aromatic rings. The summed E-state index contributed by atoms with van der Waals surface area (Å²) in [7, 11) is 0. The summed E-state index contributed by atoms with van der Waals surface area (Å²) < 4.78 is 0.969. The Balaban J connectivity index is 1.74. The van der Waals surface area contributed by atoms with Crippen molar-refractivity contribution in [2.45, 2.75) is 19.8 Å². The Hall–Kier alpha value is -2.40. The first kappa shape index (κ1) is 16.5. The maximum atomic E-state index is 4.51. The molecular formula is C19H19BrN4. The van der Waals surface area contributed by atoms with Crippen LogP contribution in [0.1, 0.15) is 25.3 Å². The number of rotatable bonds is 5.